The standard InChI is InChI=1S/C65H40N2O/c1-3-18-41(19-4-1)44-36-45(42-20-5-2-6-21-42)38-46(37-44)64-66-60(40-61(67-64)55-29-17-28-54-53-27-12-16-33-62(53)68-63(54)55)43-34-35-52-48-23-8-7-22-47(48)49-24-9-13-30-56(49)65(59(52)39-43)57-31-14-10-25-50(57)51-26-11-15-32-58(51)65/h1-40H. The fourth-order valence-corrected chi connectivity index (χ4v) is 11.4. The van der Waals surface area contributed by atoms with E-state index in [0.29, 0.717) is 5.82 Å². The topological polar surface area (TPSA) is 38.9 Å². The van der Waals surface area contributed by atoms with E-state index in [2.05, 4.69) is 231 Å². The molecule has 316 valence electrons. The Balaban J connectivity index is 1.07. The lowest BCUT2D eigenvalue weighted by Crippen LogP contribution is -2.29. The third-order valence-corrected chi connectivity index (χ3v) is 14.3. The van der Waals surface area contributed by atoms with Crippen LogP contribution in [0.5, 0.6) is 0 Å². The third kappa shape index (κ3) is 5.72. The van der Waals surface area contributed by atoms with E-state index in [1.54, 1.807) is 0 Å². The maximum absolute atomic E-state index is 6.71. The van der Waals surface area contributed by atoms with Crippen molar-refractivity contribution in [1.29, 1.82) is 0 Å². The summed E-state index contributed by atoms with van der Waals surface area (Å²) in [5.41, 5.74) is 22.4. The van der Waals surface area contributed by atoms with Crippen LogP contribution >= 0.6 is 0 Å². The summed E-state index contributed by atoms with van der Waals surface area (Å²) in [5, 5.41) is 2.13. The molecule has 3 heteroatoms. The molecule has 68 heavy (non-hydrogen) atoms. The Hall–Kier alpha value is -8.92. The predicted octanol–water partition coefficient (Wildman–Crippen LogP) is 16.7. The van der Waals surface area contributed by atoms with Crippen LogP contribution in [0.4, 0.5) is 0 Å². The molecule has 0 radical (unpaired) electrons. The second-order valence-corrected chi connectivity index (χ2v) is 18.0. The van der Waals surface area contributed by atoms with Gasteiger partial charge >= 0.3 is 0 Å². The minimum Gasteiger partial charge on any atom is -0.455 e. The molecule has 12 aromatic rings. The first-order valence-corrected chi connectivity index (χ1v) is 23.3. The minimum absolute atomic E-state index is 0.624. The SMILES string of the molecule is c1ccc(-c2cc(-c3ccccc3)cc(-c3nc(-c4ccc5c(c4)C4(c6ccccc6-c6ccccc6-5)c5ccccc5-c5ccccc54)cc(-c4cccc5c4oc4ccccc45)n3)c2)cc1. The van der Waals surface area contributed by atoms with E-state index < -0.39 is 5.41 Å². The van der Waals surface area contributed by atoms with Crippen LogP contribution in [0.2, 0.25) is 0 Å². The van der Waals surface area contributed by atoms with Crippen LogP contribution in [-0.4, -0.2) is 9.97 Å². The van der Waals surface area contributed by atoms with Gasteiger partial charge in [0, 0.05) is 27.5 Å². The number of hydrogen-bond acceptors (Lipinski definition) is 3. The molecular weight excluding hydrogens is 825 g/mol. The Kier molecular flexibility index (Phi) is 8.50. The van der Waals surface area contributed by atoms with Crippen LogP contribution < -0.4 is 0 Å². The van der Waals surface area contributed by atoms with Crippen molar-refractivity contribution in [1.82, 2.24) is 9.97 Å². The van der Waals surface area contributed by atoms with E-state index in [1.807, 2.05) is 12.1 Å². The molecule has 2 aliphatic carbocycles. The zero-order chi connectivity index (χ0) is 44.8. The van der Waals surface area contributed by atoms with Crippen molar-refractivity contribution in [3.8, 4) is 89.5 Å². The number of hydrogen-bond donors (Lipinski definition) is 0. The number of benzene rings is 10. The van der Waals surface area contributed by atoms with Crippen LogP contribution in [0.3, 0.4) is 0 Å². The number of rotatable bonds is 5. The van der Waals surface area contributed by atoms with Crippen molar-refractivity contribution in [3.63, 3.8) is 0 Å². The highest BCUT2D eigenvalue weighted by molar-refractivity contribution is 6.09. The van der Waals surface area contributed by atoms with Crippen LogP contribution in [-0.2, 0) is 5.41 Å². The average Bonchev–Trinajstić information content (AvgIpc) is 3.92. The second kappa shape index (κ2) is 15.1. The van der Waals surface area contributed by atoms with E-state index in [0.717, 1.165) is 72.3 Å². The number of nitrogens with zero attached hydrogens (tertiary/aromatic N) is 2. The van der Waals surface area contributed by atoms with E-state index in [4.69, 9.17) is 14.4 Å². The number of furan rings is 1. The molecule has 0 N–H and O–H groups in total. The lowest BCUT2D eigenvalue weighted by molar-refractivity contribution is 0.670. The molecule has 2 aromatic heterocycles. The molecule has 0 bridgehead atoms. The van der Waals surface area contributed by atoms with E-state index in [9.17, 15) is 0 Å². The third-order valence-electron chi connectivity index (χ3n) is 14.3. The molecule has 0 atom stereocenters. The summed E-state index contributed by atoms with van der Waals surface area (Å²) in [6.07, 6.45) is 0. The average molecular weight is 865 g/mol. The van der Waals surface area contributed by atoms with Gasteiger partial charge < -0.3 is 4.42 Å². The summed E-state index contributed by atoms with van der Waals surface area (Å²) in [5.74, 6) is 0.637. The van der Waals surface area contributed by atoms with Gasteiger partial charge in [0.2, 0.25) is 0 Å². The monoisotopic (exact) mass is 864 g/mol. The van der Waals surface area contributed by atoms with Crippen LogP contribution in [0.25, 0.3) is 111 Å². The quantitative estimate of drug-likeness (QED) is 0.173. The summed E-state index contributed by atoms with van der Waals surface area (Å²) in [7, 11) is 0. The van der Waals surface area contributed by atoms with Gasteiger partial charge in [-0.15, -0.1) is 0 Å². The predicted molar refractivity (Wildman–Crippen MR) is 278 cm³/mol. The smallest absolute Gasteiger partial charge is 0.160 e. The van der Waals surface area contributed by atoms with Crippen molar-refractivity contribution >= 4 is 21.9 Å². The van der Waals surface area contributed by atoms with Gasteiger partial charge in [0.1, 0.15) is 11.2 Å². The summed E-state index contributed by atoms with van der Waals surface area (Å²) < 4.78 is 6.71. The van der Waals surface area contributed by atoms with Gasteiger partial charge in [-0.1, -0.05) is 200 Å². The van der Waals surface area contributed by atoms with Gasteiger partial charge in [-0.05, 0) is 120 Å². The fourth-order valence-electron chi connectivity index (χ4n) is 11.4. The second-order valence-electron chi connectivity index (χ2n) is 18.0. The van der Waals surface area contributed by atoms with E-state index in [-0.39, 0.29) is 0 Å². The van der Waals surface area contributed by atoms with Crippen molar-refractivity contribution in [3.05, 3.63) is 265 Å². The first-order chi connectivity index (χ1) is 33.7. The normalized spacial score (nSPS) is 12.8. The first-order valence-electron chi connectivity index (χ1n) is 23.3. The summed E-state index contributed by atoms with van der Waals surface area (Å²) in [4.78, 5) is 11.1. The molecule has 0 unspecified atom stereocenters. The minimum atomic E-state index is -0.624. The maximum atomic E-state index is 6.71. The molecule has 0 fully saturated rings. The molecule has 1 spiro atoms. The highest BCUT2D eigenvalue weighted by Gasteiger charge is 2.49. The molecule has 3 nitrogen and oxygen atoms in total. The molecule has 0 amide bonds. The van der Waals surface area contributed by atoms with E-state index >= 15 is 0 Å². The molecule has 0 saturated heterocycles. The van der Waals surface area contributed by atoms with Crippen molar-refractivity contribution in [2.24, 2.45) is 0 Å². The Morgan fingerprint density at radius 1 is 0.279 bits per heavy atom. The van der Waals surface area contributed by atoms with Gasteiger partial charge in [0.25, 0.3) is 0 Å². The summed E-state index contributed by atoms with van der Waals surface area (Å²) in [6.45, 7) is 0. The zero-order valence-electron chi connectivity index (χ0n) is 36.9. The van der Waals surface area contributed by atoms with Crippen LogP contribution in [0.1, 0.15) is 22.3 Å². The molecule has 0 aliphatic heterocycles. The van der Waals surface area contributed by atoms with Gasteiger partial charge in [-0.2, -0.15) is 0 Å². The Bertz CT molecular complexity index is 3870. The molecule has 2 heterocycles. The van der Waals surface area contributed by atoms with Crippen molar-refractivity contribution in [2.75, 3.05) is 0 Å². The van der Waals surface area contributed by atoms with Crippen LogP contribution in [0, 0.1) is 0 Å². The Morgan fingerprint density at radius 3 is 1.38 bits per heavy atom. The lowest BCUT2D eigenvalue weighted by Gasteiger charge is -2.35. The lowest BCUT2D eigenvalue weighted by atomic mass is 9.65. The van der Waals surface area contributed by atoms with Crippen molar-refractivity contribution in [2.45, 2.75) is 5.41 Å². The first kappa shape index (κ1) is 38.4. The van der Waals surface area contributed by atoms with Crippen LogP contribution in [0.15, 0.2) is 247 Å². The molecule has 10 aromatic carbocycles. The zero-order valence-corrected chi connectivity index (χ0v) is 36.9. The molecule has 14 rings (SSSR count). The highest BCUT2D eigenvalue weighted by Crippen LogP contribution is 2.61. The number of para-hydroxylation sites is 2. The molecule has 0 saturated carbocycles. The largest absolute Gasteiger partial charge is 0.455 e. The fraction of sp³-hybridized carbons (Fsp3) is 0.0154. The van der Waals surface area contributed by atoms with Gasteiger partial charge in [-0.25, -0.2) is 9.97 Å². The Morgan fingerprint density at radius 2 is 0.750 bits per heavy atom. The van der Waals surface area contributed by atoms with Crippen molar-refractivity contribution < 1.29 is 4.42 Å². The maximum Gasteiger partial charge on any atom is 0.160 e. The molecular formula is C65H40N2O. The summed E-state index contributed by atoms with van der Waals surface area (Å²) >= 11 is 0. The van der Waals surface area contributed by atoms with E-state index in [1.165, 1.54) is 55.6 Å². The Labute approximate surface area is 394 Å². The van der Waals surface area contributed by atoms with Gasteiger partial charge in [0.15, 0.2) is 5.82 Å². The number of fused-ring (bicyclic) bond motifs is 15. The highest BCUT2D eigenvalue weighted by atomic mass is 16.3. The van der Waals surface area contributed by atoms with Gasteiger partial charge in [0.05, 0.1) is 16.8 Å². The number of aromatic nitrogens is 2. The summed E-state index contributed by atoms with van der Waals surface area (Å²) in [6, 6.07) is 87.7. The molecule has 2 aliphatic rings. The van der Waals surface area contributed by atoms with Gasteiger partial charge in [-0.3, -0.25) is 0 Å².